The molecular formula is C9H6ClF5N2O3S. The van der Waals surface area contributed by atoms with Crippen molar-refractivity contribution in [2.75, 3.05) is 6.54 Å². The van der Waals surface area contributed by atoms with Crippen LogP contribution in [0.25, 0.3) is 0 Å². The van der Waals surface area contributed by atoms with E-state index in [0.717, 1.165) is 0 Å². The molecule has 0 saturated carbocycles. The van der Waals surface area contributed by atoms with Crippen LogP contribution in [0.5, 0.6) is 0 Å². The maximum absolute atomic E-state index is 13.3. The molecule has 0 atom stereocenters. The lowest BCUT2D eigenvalue weighted by molar-refractivity contribution is -0.123. The summed E-state index contributed by atoms with van der Waals surface area (Å²) in [5.74, 6) is -5.28. The van der Waals surface area contributed by atoms with E-state index in [1.807, 2.05) is 0 Å². The topological polar surface area (TPSA) is 89.3 Å². The lowest BCUT2D eigenvalue weighted by Gasteiger charge is -2.12. The molecule has 0 aliphatic carbocycles. The van der Waals surface area contributed by atoms with E-state index in [9.17, 15) is 35.2 Å². The zero-order valence-electron chi connectivity index (χ0n) is 9.76. The molecule has 0 unspecified atom stereocenters. The van der Waals surface area contributed by atoms with Crippen molar-refractivity contribution < 1.29 is 35.2 Å². The summed E-state index contributed by atoms with van der Waals surface area (Å²) in [6.45, 7) is -1.77. The molecule has 0 heterocycles. The van der Waals surface area contributed by atoms with Crippen molar-refractivity contribution in [3.63, 3.8) is 0 Å². The fourth-order valence-electron chi connectivity index (χ4n) is 1.27. The number of benzene rings is 1. The molecule has 1 rings (SSSR count). The van der Waals surface area contributed by atoms with Gasteiger partial charge in [-0.2, -0.15) is 13.2 Å². The Labute approximate surface area is 119 Å². The standard InChI is InChI=1S/C9H6ClF5N2O3S/c10-5-3(8(18)17-2-9(13,14)15)1-4(11)6(12)7(5)21(16,19)20/h1H,2H2,(H,17,18)(H2,16,19,20). The monoisotopic (exact) mass is 352 g/mol. The molecule has 0 radical (unpaired) electrons. The summed E-state index contributed by atoms with van der Waals surface area (Å²) in [6, 6.07) is 0.165. The predicted octanol–water partition coefficient (Wildman–Crippen LogP) is 1.56. The van der Waals surface area contributed by atoms with Gasteiger partial charge in [0.1, 0.15) is 11.4 Å². The summed E-state index contributed by atoms with van der Waals surface area (Å²) in [4.78, 5) is 9.92. The number of amides is 1. The first-order chi connectivity index (χ1) is 9.34. The summed E-state index contributed by atoms with van der Waals surface area (Å²) < 4.78 is 84.6. The van der Waals surface area contributed by atoms with E-state index < -0.39 is 55.8 Å². The highest BCUT2D eigenvalue weighted by Gasteiger charge is 2.31. The van der Waals surface area contributed by atoms with Crippen molar-refractivity contribution >= 4 is 27.5 Å². The van der Waals surface area contributed by atoms with Crippen LogP contribution in [-0.2, 0) is 10.0 Å². The number of alkyl halides is 3. The molecule has 21 heavy (non-hydrogen) atoms. The number of carbonyl (C=O) groups is 1. The van der Waals surface area contributed by atoms with E-state index in [-0.39, 0.29) is 6.07 Å². The Morgan fingerprint density at radius 2 is 1.86 bits per heavy atom. The first-order valence-corrected chi connectivity index (χ1v) is 6.82. The average molecular weight is 353 g/mol. The molecular weight excluding hydrogens is 347 g/mol. The second kappa shape index (κ2) is 5.73. The Hall–Kier alpha value is -1.46. The van der Waals surface area contributed by atoms with Gasteiger partial charge in [-0.3, -0.25) is 4.79 Å². The van der Waals surface area contributed by atoms with Crippen LogP contribution in [0.2, 0.25) is 5.02 Å². The number of nitrogens with one attached hydrogen (secondary N) is 1. The smallest absolute Gasteiger partial charge is 0.343 e. The van der Waals surface area contributed by atoms with Crippen LogP contribution in [0, 0.1) is 11.6 Å². The van der Waals surface area contributed by atoms with Crippen LogP contribution in [-0.4, -0.2) is 27.0 Å². The second-order valence-electron chi connectivity index (χ2n) is 3.71. The van der Waals surface area contributed by atoms with Gasteiger partial charge in [-0.05, 0) is 6.07 Å². The number of sulfonamides is 1. The van der Waals surface area contributed by atoms with Gasteiger partial charge in [-0.15, -0.1) is 0 Å². The van der Waals surface area contributed by atoms with E-state index in [1.54, 1.807) is 0 Å². The minimum Gasteiger partial charge on any atom is -0.343 e. The van der Waals surface area contributed by atoms with Crippen molar-refractivity contribution in [3.8, 4) is 0 Å². The van der Waals surface area contributed by atoms with Crippen LogP contribution < -0.4 is 10.5 Å². The molecule has 118 valence electrons. The molecule has 1 aromatic rings. The number of halogens is 6. The van der Waals surface area contributed by atoms with E-state index in [2.05, 4.69) is 5.14 Å². The van der Waals surface area contributed by atoms with Gasteiger partial charge in [0.15, 0.2) is 11.6 Å². The van der Waals surface area contributed by atoms with Gasteiger partial charge in [0.05, 0.1) is 10.6 Å². The number of hydrogen-bond donors (Lipinski definition) is 2. The molecule has 1 amide bonds. The zero-order chi connectivity index (χ0) is 16.6. The Morgan fingerprint density at radius 3 is 2.29 bits per heavy atom. The molecule has 0 bridgehead atoms. The highest BCUT2D eigenvalue weighted by molar-refractivity contribution is 7.89. The molecule has 0 spiro atoms. The molecule has 0 fully saturated rings. The third-order valence-corrected chi connectivity index (χ3v) is 3.55. The van der Waals surface area contributed by atoms with Crippen LogP contribution in [0.3, 0.4) is 0 Å². The molecule has 3 N–H and O–H groups in total. The average Bonchev–Trinajstić information content (AvgIpc) is 2.28. The molecule has 1 aromatic carbocycles. The van der Waals surface area contributed by atoms with E-state index in [1.165, 1.54) is 5.32 Å². The molecule has 0 saturated heterocycles. The molecule has 0 aromatic heterocycles. The first-order valence-electron chi connectivity index (χ1n) is 4.90. The summed E-state index contributed by atoms with van der Waals surface area (Å²) in [5.41, 5.74) is -0.996. The van der Waals surface area contributed by atoms with Crippen molar-refractivity contribution in [2.45, 2.75) is 11.1 Å². The van der Waals surface area contributed by atoms with Gasteiger partial charge >= 0.3 is 6.18 Å². The van der Waals surface area contributed by atoms with Crippen molar-refractivity contribution in [1.82, 2.24) is 5.32 Å². The van der Waals surface area contributed by atoms with Crippen molar-refractivity contribution in [2.24, 2.45) is 5.14 Å². The number of nitrogens with two attached hydrogens (primary N) is 1. The van der Waals surface area contributed by atoms with Crippen LogP contribution >= 0.6 is 11.6 Å². The Morgan fingerprint density at radius 1 is 1.33 bits per heavy atom. The molecule has 0 aliphatic heterocycles. The fourth-order valence-corrected chi connectivity index (χ4v) is 2.52. The quantitative estimate of drug-likeness (QED) is 0.639. The number of primary sulfonamides is 1. The van der Waals surface area contributed by atoms with Gasteiger partial charge in [0, 0.05) is 0 Å². The summed E-state index contributed by atoms with van der Waals surface area (Å²) in [6.07, 6.45) is -4.76. The predicted molar refractivity (Wildman–Crippen MR) is 61.1 cm³/mol. The van der Waals surface area contributed by atoms with Gasteiger partial charge in [0.2, 0.25) is 10.0 Å². The Balaban J connectivity index is 3.33. The fraction of sp³-hybridized carbons (Fsp3) is 0.222. The Bertz CT molecular complexity index is 690. The largest absolute Gasteiger partial charge is 0.405 e. The van der Waals surface area contributed by atoms with Crippen LogP contribution in [0.4, 0.5) is 22.0 Å². The van der Waals surface area contributed by atoms with Gasteiger partial charge in [-0.25, -0.2) is 22.3 Å². The third-order valence-electron chi connectivity index (χ3n) is 2.09. The summed E-state index contributed by atoms with van der Waals surface area (Å²) in [5, 5.41) is 4.83. The van der Waals surface area contributed by atoms with Crippen molar-refractivity contribution in [1.29, 1.82) is 0 Å². The molecule has 0 aliphatic rings. The van der Waals surface area contributed by atoms with E-state index >= 15 is 0 Å². The highest BCUT2D eigenvalue weighted by atomic mass is 35.5. The molecule has 12 heteroatoms. The van der Waals surface area contributed by atoms with Gasteiger partial charge < -0.3 is 5.32 Å². The lowest BCUT2D eigenvalue weighted by atomic mass is 10.2. The second-order valence-corrected chi connectivity index (χ2v) is 5.58. The number of rotatable bonds is 3. The minimum absolute atomic E-state index is 0.165. The maximum atomic E-state index is 13.3. The zero-order valence-corrected chi connectivity index (χ0v) is 11.3. The minimum atomic E-state index is -4.84. The maximum Gasteiger partial charge on any atom is 0.405 e. The summed E-state index contributed by atoms with van der Waals surface area (Å²) in [7, 11) is -4.84. The first kappa shape index (κ1) is 17.6. The van der Waals surface area contributed by atoms with Gasteiger partial charge in [-0.1, -0.05) is 11.6 Å². The summed E-state index contributed by atoms with van der Waals surface area (Å²) >= 11 is 5.41. The van der Waals surface area contributed by atoms with Gasteiger partial charge in [0.25, 0.3) is 5.91 Å². The number of hydrogen-bond acceptors (Lipinski definition) is 3. The third kappa shape index (κ3) is 4.25. The molecule has 5 nitrogen and oxygen atoms in total. The van der Waals surface area contributed by atoms with Crippen LogP contribution in [0.1, 0.15) is 10.4 Å². The SMILES string of the molecule is NS(=O)(=O)c1c(F)c(F)cc(C(=O)NCC(F)(F)F)c1Cl. The lowest BCUT2D eigenvalue weighted by Crippen LogP contribution is -2.34. The van der Waals surface area contributed by atoms with Crippen molar-refractivity contribution in [3.05, 3.63) is 28.3 Å². The van der Waals surface area contributed by atoms with E-state index in [4.69, 9.17) is 11.6 Å². The Kier molecular flexibility index (Phi) is 4.80. The normalized spacial score (nSPS) is 12.3. The number of carbonyl (C=O) groups excluding carboxylic acids is 1. The van der Waals surface area contributed by atoms with Crippen LogP contribution in [0.15, 0.2) is 11.0 Å². The van der Waals surface area contributed by atoms with E-state index in [0.29, 0.717) is 0 Å². The highest BCUT2D eigenvalue weighted by Crippen LogP contribution is 2.29.